The van der Waals surface area contributed by atoms with Crippen LogP contribution in [0, 0.1) is 0 Å². The number of aliphatic carboxylic acids is 1. The summed E-state index contributed by atoms with van der Waals surface area (Å²) in [6.07, 6.45) is 0. The van der Waals surface area contributed by atoms with E-state index >= 15 is 0 Å². The first-order chi connectivity index (χ1) is 17.7. The lowest BCUT2D eigenvalue weighted by Gasteiger charge is -2.21. The van der Waals surface area contributed by atoms with Crippen LogP contribution in [0.4, 0.5) is 0 Å². The standard InChI is InChI=1S/C27H25ClN2O6S/c1-27(2,25(31)32)36-21-10-8-20(9-11-21)35-14-13-30-22-12-7-18(16-23(22)37-26(30)33)24(29-34-3)17-5-4-6-19(28)15-17/h4-12,15-16H,13-14H2,1-3H3,(H,31,32). The van der Waals surface area contributed by atoms with Gasteiger partial charge in [-0.05, 0) is 62.4 Å². The normalized spacial score (nSPS) is 11.9. The zero-order chi connectivity index (χ0) is 26.6. The van der Waals surface area contributed by atoms with Crippen LogP contribution in [0.15, 0.2) is 76.7 Å². The van der Waals surface area contributed by atoms with Crippen molar-refractivity contribution in [2.24, 2.45) is 5.16 Å². The Bertz CT molecular complexity index is 1510. The molecule has 1 heterocycles. The summed E-state index contributed by atoms with van der Waals surface area (Å²) >= 11 is 7.30. The predicted octanol–water partition coefficient (Wildman–Crippen LogP) is 5.44. The van der Waals surface area contributed by atoms with Gasteiger partial charge in [-0.15, -0.1) is 0 Å². The molecule has 192 valence electrons. The third-order valence-corrected chi connectivity index (χ3v) is 6.69. The van der Waals surface area contributed by atoms with E-state index in [4.69, 9.17) is 25.9 Å². The summed E-state index contributed by atoms with van der Waals surface area (Å²) in [5.74, 6) is -0.0536. The van der Waals surface area contributed by atoms with Crippen LogP contribution < -0.4 is 14.3 Å². The third kappa shape index (κ3) is 6.12. The van der Waals surface area contributed by atoms with E-state index in [1.54, 1.807) is 41.0 Å². The highest BCUT2D eigenvalue weighted by atomic mass is 35.5. The first-order valence-corrected chi connectivity index (χ1v) is 12.5. The van der Waals surface area contributed by atoms with Gasteiger partial charge >= 0.3 is 10.8 Å². The molecule has 0 saturated heterocycles. The number of fused-ring (bicyclic) bond motifs is 1. The van der Waals surface area contributed by atoms with Crippen molar-refractivity contribution in [2.75, 3.05) is 13.7 Å². The van der Waals surface area contributed by atoms with Crippen molar-refractivity contribution in [3.8, 4) is 11.5 Å². The van der Waals surface area contributed by atoms with Crippen molar-refractivity contribution in [3.05, 3.63) is 92.5 Å². The number of thiazole rings is 1. The molecule has 0 unspecified atom stereocenters. The van der Waals surface area contributed by atoms with E-state index in [1.807, 2.05) is 30.3 Å². The van der Waals surface area contributed by atoms with Gasteiger partial charge in [0.25, 0.3) is 0 Å². The topological polar surface area (TPSA) is 99.4 Å². The molecule has 1 aromatic heterocycles. The Morgan fingerprint density at radius 2 is 1.76 bits per heavy atom. The quantitative estimate of drug-likeness (QED) is 0.212. The number of hydrogen-bond donors (Lipinski definition) is 1. The van der Waals surface area contributed by atoms with E-state index in [1.165, 1.54) is 21.0 Å². The van der Waals surface area contributed by atoms with E-state index in [-0.39, 0.29) is 11.5 Å². The molecule has 0 fully saturated rings. The Morgan fingerprint density at radius 1 is 1.05 bits per heavy atom. The molecular formula is C27H25ClN2O6S. The van der Waals surface area contributed by atoms with Crippen LogP contribution in [0.25, 0.3) is 10.2 Å². The van der Waals surface area contributed by atoms with Crippen molar-refractivity contribution < 1.29 is 24.2 Å². The van der Waals surface area contributed by atoms with Crippen LogP contribution >= 0.6 is 22.9 Å². The molecule has 8 nitrogen and oxygen atoms in total. The highest BCUT2D eigenvalue weighted by molar-refractivity contribution is 7.16. The second kappa shape index (κ2) is 11.1. The lowest BCUT2D eigenvalue weighted by molar-refractivity contribution is -0.152. The molecular weight excluding hydrogens is 516 g/mol. The van der Waals surface area contributed by atoms with Gasteiger partial charge in [-0.25, -0.2) is 4.79 Å². The molecule has 0 bridgehead atoms. The summed E-state index contributed by atoms with van der Waals surface area (Å²) in [5, 5.41) is 14.0. The summed E-state index contributed by atoms with van der Waals surface area (Å²) in [6, 6.07) is 19.7. The summed E-state index contributed by atoms with van der Waals surface area (Å²) in [6.45, 7) is 3.59. The Balaban J connectivity index is 1.47. The van der Waals surface area contributed by atoms with E-state index in [0.717, 1.165) is 32.7 Å². The molecule has 0 amide bonds. The molecule has 0 aliphatic heterocycles. The smallest absolute Gasteiger partial charge is 0.347 e. The Labute approximate surface area is 222 Å². The minimum atomic E-state index is -1.34. The van der Waals surface area contributed by atoms with Gasteiger partial charge in [0.2, 0.25) is 0 Å². The van der Waals surface area contributed by atoms with Gasteiger partial charge in [-0.2, -0.15) is 0 Å². The van der Waals surface area contributed by atoms with Crippen LogP contribution in [0.3, 0.4) is 0 Å². The summed E-state index contributed by atoms with van der Waals surface area (Å²) in [4.78, 5) is 28.9. The second-order valence-corrected chi connectivity index (χ2v) is 10.0. The number of carboxylic acid groups (broad SMARTS) is 1. The van der Waals surface area contributed by atoms with Crippen LogP contribution in [0.2, 0.25) is 5.02 Å². The van der Waals surface area contributed by atoms with Gasteiger partial charge < -0.3 is 19.4 Å². The Hall–Kier alpha value is -3.82. The summed E-state index contributed by atoms with van der Waals surface area (Å²) in [5.41, 5.74) is 1.67. The number of nitrogens with zero attached hydrogens (tertiary/aromatic N) is 2. The number of halogens is 1. The Kier molecular flexibility index (Phi) is 7.85. The maximum atomic E-state index is 12.7. The molecule has 4 aromatic rings. The first-order valence-electron chi connectivity index (χ1n) is 11.3. The summed E-state index contributed by atoms with van der Waals surface area (Å²) in [7, 11) is 1.48. The predicted molar refractivity (Wildman–Crippen MR) is 144 cm³/mol. The van der Waals surface area contributed by atoms with Crippen LogP contribution in [-0.2, 0) is 16.2 Å². The van der Waals surface area contributed by atoms with Gasteiger partial charge in [0.1, 0.15) is 30.9 Å². The first kappa shape index (κ1) is 26.2. The molecule has 0 radical (unpaired) electrons. The number of oxime groups is 1. The molecule has 0 aliphatic rings. The zero-order valence-corrected chi connectivity index (χ0v) is 22.0. The van der Waals surface area contributed by atoms with Crippen molar-refractivity contribution in [3.63, 3.8) is 0 Å². The number of carbonyl (C=O) groups is 1. The fraction of sp³-hybridized carbons (Fsp3) is 0.222. The molecule has 0 aliphatic carbocycles. The van der Waals surface area contributed by atoms with Crippen LogP contribution in [-0.4, -0.2) is 40.7 Å². The van der Waals surface area contributed by atoms with E-state index in [2.05, 4.69) is 5.16 Å². The molecule has 0 spiro atoms. The van der Waals surface area contributed by atoms with Crippen molar-refractivity contribution >= 4 is 44.8 Å². The van der Waals surface area contributed by atoms with Crippen LogP contribution in [0.1, 0.15) is 25.0 Å². The number of aromatic nitrogens is 1. The van der Waals surface area contributed by atoms with Gasteiger partial charge in [0.05, 0.1) is 16.8 Å². The lowest BCUT2D eigenvalue weighted by atomic mass is 10.0. The molecule has 10 heteroatoms. The maximum Gasteiger partial charge on any atom is 0.347 e. The van der Waals surface area contributed by atoms with Gasteiger partial charge in [0.15, 0.2) is 5.60 Å². The van der Waals surface area contributed by atoms with E-state index in [9.17, 15) is 14.7 Å². The minimum Gasteiger partial charge on any atom is -0.492 e. The number of ether oxygens (including phenoxy) is 2. The lowest BCUT2D eigenvalue weighted by Crippen LogP contribution is -2.37. The fourth-order valence-electron chi connectivity index (χ4n) is 3.62. The number of benzene rings is 3. The molecule has 1 N–H and O–H groups in total. The average molecular weight is 541 g/mol. The van der Waals surface area contributed by atoms with Crippen molar-refractivity contribution in [1.82, 2.24) is 4.57 Å². The van der Waals surface area contributed by atoms with Crippen molar-refractivity contribution in [2.45, 2.75) is 26.0 Å². The second-order valence-electron chi connectivity index (χ2n) is 8.57. The minimum absolute atomic E-state index is 0.0941. The fourth-order valence-corrected chi connectivity index (χ4v) is 4.77. The van der Waals surface area contributed by atoms with E-state index < -0.39 is 11.6 Å². The highest BCUT2D eigenvalue weighted by Gasteiger charge is 2.29. The monoisotopic (exact) mass is 540 g/mol. The maximum absolute atomic E-state index is 12.7. The van der Waals surface area contributed by atoms with Gasteiger partial charge in [-0.1, -0.05) is 46.3 Å². The molecule has 0 saturated carbocycles. The van der Waals surface area contributed by atoms with Crippen LogP contribution in [0.5, 0.6) is 11.5 Å². The average Bonchev–Trinajstić information content (AvgIpc) is 3.17. The largest absolute Gasteiger partial charge is 0.492 e. The summed E-state index contributed by atoms with van der Waals surface area (Å²) < 4.78 is 13.8. The SMILES string of the molecule is CON=C(c1cccc(Cl)c1)c1ccc2c(c1)sc(=O)n2CCOc1ccc(OC(C)(C)C(=O)O)cc1. The molecule has 0 atom stereocenters. The number of hydrogen-bond acceptors (Lipinski definition) is 7. The van der Waals surface area contributed by atoms with Crippen molar-refractivity contribution in [1.29, 1.82) is 0 Å². The molecule has 3 aromatic carbocycles. The van der Waals surface area contributed by atoms with Gasteiger partial charge in [-0.3, -0.25) is 9.36 Å². The number of rotatable bonds is 10. The Morgan fingerprint density at radius 3 is 2.43 bits per heavy atom. The molecule has 4 rings (SSSR count). The van der Waals surface area contributed by atoms with E-state index in [0.29, 0.717) is 28.8 Å². The number of carboxylic acids is 1. The van der Waals surface area contributed by atoms with Gasteiger partial charge in [0, 0.05) is 16.1 Å². The zero-order valence-electron chi connectivity index (χ0n) is 20.4. The highest BCUT2D eigenvalue weighted by Crippen LogP contribution is 2.24. The molecule has 37 heavy (non-hydrogen) atoms. The third-order valence-electron chi connectivity index (χ3n) is 5.52.